The van der Waals surface area contributed by atoms with Crippen molar-refractivity contribution >= 4 is 23.2 Å². The minimum Gasteiger partial charge on any atom is -0.493 e. The van der Waals surface area contributed by atoms with Crippen molar-refractivity contribution < 1.29 is 24.0 Å². The summed E-state index contributed by atoms with van der Waals surface area (Å²) >= 11 is 0. The molecule has 0 radical (unpaired) electrons. The molecule has 1 aliphatic heterocycles. The molecule has 158 valence electrons. The second kappa shape index (κ2) is 8.81. The fraction of sp³-hybridized carbons (Fsp3) is 0.333. The highest BCUT2D eigenvalue weighted by Gasteiger charge is 2.28. The topological polar surface area (TPSA) is 111 Å². The van der Waals surface area contributed by atoms with Gasteiger partial charge in [-0.25, -0.2) is 0 Å². The van der Waals surface area contributed by atoms with Crippen LogP contribution in [0, 0.1) is 10.1 Å². The molecule has 0 aromatic heterocycles. The van der Waals surface area contributed by atoms with Gasteiger partial charge in [0.05, 0.1) is 17.7 Å². The molecule has 0 spiro atoms. The Labute approximate surface area is 173 Å². The maximum absolute atomic E-state index is 13.1. The summed E-state index contributed by atoms with van der Waals surface area (Å²) in [6.45, 7) is 3.96. The number of anilines is 1. The quantitative estimate of drug-likeness (QED) is 0.552. The first kappa shape index (κ1) is 21.1. The van der Waals surface area contributed by atoms with Gasteiger partial charge in [0.25, 0.3) is 17.5 Å². The van der Waals surface area contributed by atoms with Gasteiger partial charge in [0, 0.05) is 30.3 Å². The van der Waals surface area contributed by atoms with Crippen LogP contribution in [0.5, 0.6) is 11.5 Å². The lowest BCUT2D eigenvalue weighted by atomic mass is 10.1. The summed E-state index contributed by atoms with van der Waals surface area (Å²) in [6, 6.07) is 9.23. The molecule has 2 amide bonds. The van der Waals surface area contributed by atoms with Crippen LogP contribution in [0.1, 0.15) is 29.8 Å². The SMILES string of the molecule is COc1cc(C(=O)N2CCc3ccc([N+](=O)[O-])cc32)ccc1OCC(=O)NC(C)C. The molecule has 1 N–H and O–H groups in total. The van der Waals surface area contributed by atoms with Gasteiger partial charge in [0.1, 0.15) is 0 Å². The van der Waals surface area contributed by atoms with Gasteiger partial charge in [-0.15, -0.1) is 0 Å². The molecule has 2 aromatic rings. The number of nitrogens with one attached hydrogen (secondary N) is 1. The van der Waals surface area contributed by atoms with E-state index in [9.17, 15) is 19.7 Å². The lowest BCUT2D eigenvalue weighted by Crippen LogP contribution is -2.34. The average molecular weight is 413 g/mol. The van der Waals surface area contributed by atoms with Crippen LogP contribution >= 0.6 is 0 Å². The highest BCUT2D eigenvalue weighted by Crippen LogP contribution is 2.34. The standard InChI is InChI=1S/C21H23N3O6/c1-13(2)22-20(25)12-30-18-7-5-15(10-19(18)29-3)21(26)23-9-8-14-4-6-16(24(27)28)11-17(14)23/h4-7,10-11,13H,8-9,12H2,1-3H3,(H,22,25). The highest BCUT2D eigenvalue weighted by atomic mass is 16.6. The van der Waals surface area contributed by atoms with Crippen LogP contribution in [-0.4, -0.2) is 43.0 Å². The van der Waals surface area contributed by atoms with Crippen molar-refractivity contribution in [2.45, 2.75) is 26.3 Å². The number of carbonyl (C=O) groups excluding carboxylic acids is 2. The monoisotopic (exact) mass is 413 g/mol. The number of non-ortho nitro benzene ring substituents is 1. The second-order valence-electron chi connectivity index (χ2n) is 7.15. The van der Waals surface area contributed by atoms with Crippen LogP contribution in [0.25, 0.3) is 0 Å². The van der Waals surface area contributed by atoms with E-state index in [1.165, 1.54) is 30.2 Å². The van der Waals surface area contributed by atoms with E-state index in [-0.39, 0.29) is 30.2 Å². The second-order valence-corrected chi connectivity index (χ2v) is 7.15. The van der Waals surface area contributed by atoms with Gasteiger partial charge < -0.3 is 19.7 Å². The van der Waals surface area contributed by atoms with Crippen LogP contribution in [0.4, 0.5) is 11.4 Å². The summed E-state index contributed by atoms with van der Waals surface area (Å²) in [6.07, 6.45) is 0.627. The number of hydrogen-bond donors (Lipinski definition) is 1. The Morgan fingerprint density at radius 1 is 1.20 bits per heavy atom. The number of fused-ring (bicyclic) bond motifs is 1. The molecule has 0 atom stereocenters. The van der Waals surface area contributed by atoms with Crippen molar-refractivity contribution in [2.75, 3.05) is 25.2 Å². The van der Waals surface area contributed by atoms with Crippen LogP contribution < -0.4 is 19.7 Å². The molecule has 3 rings (SSSR count). The normalized spacial score (nSPS) is 12.5. The van der Waals surface area contributed by atoms with Gasteiger partial charge in [0.15, 0.2) is 18.1 Å². The Hall–Kier alpha value is -3.62. The molecule has 30 heavy (non-hydrogen) atoms. The lowest BCUT2D eigenvalue weighted by Gasteiger charge is -2.18. The largest absolute Gasteiger partial charge is 0.493 e. The number of nitrogens with zero attached hydrogens (tertiary/aromatic N) is 2. The zero-order chi connectivity index (χ0) is 21.8. The maximum Gasteiger partial charge on any atom is 0.271 e. The first-order valence-electron chi connectivity index (χ1n) is 9.49. The minimum absolute atomic E-state index is 0.00200. The van der Waals surface area contributed by atoms with Gasteiger partial charge in [-0.2, -0.15) is 0 Å². The number of benzene rings is 2. The first-order valence-corrected chi connectivity index (χ1v) is 9.49. The third-order valence-corrected chi connectivity index (χ3v) is 4.64. The number of methoxy groups -OCH3 is 1. The number of hydrogen-bond acceptors (Lipinski definition) is 6. The maximum atomic E-state index is 13.1. The van der Waals surface area contributed by atoms with Crippen molar-refractivity contribution in [3.8, 4) is 11.5 Å². The Bertz CT molecular complexity index is 989. The number of amides is 2. The summed E-state index contributed by atoms with van der Waals surface area (Å²) in [5.74, 6) is 0.0983. The number of carbonyl (C=O) groups is 2. The highest BCUT2D eigenvalue weighted by molar-refractivity contribution is 6.07. The van der Waals surface area contributed by atoms with E-state index in [1.807, 2.05) is 13.8 Å². The zero-order valence-electron chi connectivity index (χ0n) is 17.0. The van der Waals surface area contributed by atoms with Crippen molar-refractivity contribution in [2.24, 2.45) is 0 Å². The molecule has 0 saturated carbocycles. The molecular formula is C21H23N3O6. The molecule has 9 heteroatoms. The number of rotatable bonds is 7. The third kappa shape index (κ3) is 4.51. The molecule has 0 saturated heterocycles. The Morgan fingerprint density at radius 2 is 1.97 bits per heavy atom. The number of nitro benzene ring substituents is 1. The average Bonchev–Trinajstić information content (AvgIpc) is 3.14. The molecule has 0 bridgehead atoms. The zero-order valence-corrected chi connectivity index (χ0v) is 17.0. The summed E-state index contributed by atoms with van der Waals surface area (Å²) in [5, 5.41) is 13.8. The Kier molecular flexibility index (Phi) is 6.20. The van der Waals surface area contributed by atoms with E-state index in [4.69, 9.17) is 9.47 Å². The van der Waals surface area contributed by atoms with Crippen LogP contribution in [0.2, 0.25) is 0 Å². The molecule has 0 aliphatic carbocycles. The first-order chi connectivity index (χ1) is 14.3. The van der Waals surface area contributed by atoms with E-state index in [2.05, 4.69) is 5.32 Å². The van der Waals surface area contributed by atoms with Crippen LogP contribution in [0.3, 0.4) is 0 Å². The molecule has 1 aliphatic rings. The Morgan fingerprint density at radius 3 is 2.63 bits per heavy atom. The summed E-state index contributed by atoms with van der Waals surface area (Å²) in [7, 11) is 1.44. The van der Waals surface area contributed by atoms with Gasteiger partial charge in [-0.05, 0) is 44.0 Å². The predicted octanol–water partition coefficient (Wildman–Crippen LogP) is 2.71. The minimum atomic E-state index is -0.480. The fourth-order valence-corrected chi connectivity index (χ4v) is 3.27. The lowest BCUT2D eigenvalue weighted by molar-refractivity contribution is -0.384. The van der Waals surface area contributed by atoms with Crippen LogP contribution in [-0.2, 0) is 11.2 Å². The summed E-state index contributed by atoms with van der Waals surface area (Å²) in [4.78, 5) is 37.0. The van der Waals surface area contributed by atoms with E-state index >= 15 is 0 Å². The van der Waals surface area contributed by atoms with Gasteiger partial charge >= 0.3 is 0 Å². The molecular weight excluding hydrogens is 390 g/mol. The van der Waals surface area contributed by atoms with Crippen molar-refractivity contribution in [3.63, 3.8) is 0 Å². The van der Waals surface area contributed by atoms with E-state index in [0.717, 1.165) is 5.56 Å². The van der Waals surface area contributed by atoms with Gasteiger partial charge in [-0.3, -0.25) is 19.7 Å². The molecule has 0 unspecified atom stereocenters. The molecule has 0 fully saturated rings. The predicted molar refractivity (Wildman–Crippen MR) is 110 cm³/mol. The van der Waals surface area contributed by atoms with Crippen molar-refractivity contribution in [1.82, 2.24) is 5.32 Å². The molecule has 2 aromatic carbocycles. The number of ether oxygens (including phenoxy) is 2. The van der Waals surface area contributed by atoms with E-state index in [0.29, 0.717) is 35.7 Å². The Balaban J connectivity index is 1.79. The van der Waals surface area contributed by atoms with Crippen LogP contribution in [0.15, 0.2) is 36.4 Å². The van der Waals surface area contributed by atoms with Gasteiger partial charge in [-0.1, -0.05) is 6.07 Å². The summed E-state index contributed by atoms with van der Waals surface area (Å²) in [5.41, 5.74) is 1.72. The molecule has 1 heterocycles. The molecule has 9 nitrogen and oxygen atoms in total. The smallest absolute Gasteiger partial charge is 0.271 e. The van der Waals surface area contributed by atoms with E-state index < -0.39 is 4.92 Å². The van der Waals surface area contributed by atoms with E-state index in [1.54, 1.807) is 18.2 Å². The van der Waals surface area contributed by atoms with Crippen molar-refractivity contribution in [1.29, 1.82) is 0 Å². The third-order valence-electron chi connectivity index (χ3n) is 4.64. The van der Waals surface area contributed by atoms with Gasteiger partial charge in [0.2, 0.25) is 0 Å². The van der Waals surface area contributed by atoms with Crippen molar-refractivity contribution in [3.05, 3.63) is 57.6 Å². The number of nitro groups is 1. The fourth-order valence-electron chi connectivity index (χ4n) is 3.27. The summed E-state index contributed by atoms with van der Waals surface area (Å²) < 4.78 is 10.8.